The number of nitrogens with zero attached hydrogens (tertiary/aromatic N) is 3. The van der Waals surface area contributed by atoms with Gasteiger partial charge in [0.2, 0.25) is 0 Å². The molecule has 0 radical (unpaired) electrons. The largest absolute Gasteiger partial charge is 0.493 e. The highest BCUT2D eigenvalue weighted by molar-refractivity contribution is 6.01. The Labute approximate surface area is 129 Å². The van der Waals surface area contributed by atoms with E-state index in [2.05, 4.69) is 15.0 Å². The zero-order chi connectivity index (χ0) is 16.6. The van der Waals surface area contributed by atoms with Crippen LogP contribution < -0.4 is 20.9 Å². The molecule has 0 saturated heterocycles. The van der Waals surface area contributed by atoms with Crippen LogP contribution in [-0.4, -0.2) is 39.6 Å². The summed E-state index contributed by atoms with van der Waals surface area (Å²) in [7, 11) is 2.96. The van der Waals surface area contributed by atoms with E-state index in [1.807, 2.05) is 0 Å². The molecule has 0 saturated carbocycles. The number of hydrogen-bond acceptors (Lipinski definition) is 6. The van der Waals surface area contributed by atoms with Crippen LogP contribution in [-0.2, 0) is 0 Å². The van der Waals surface area contributed by atoms with E-state index in [0.717, 1.165) is 0 Å². The molecule has 3 rings (SSSR count). The van der Waals surface area contributed by atoms with Crippen LogP contribution in [0.3, 0.4) is 0 Å². The van der Waals surface area contributed by atoms with Gasteiger partial charge in [-0.3, -0.25) is 4.79 Å². The van der Waals surface area contributed by atoms with Crippen molar-refractivity contribution in [3.8, 4) is 17.2 Å². The predicted molar refractivity (Wildman–Crippen MR) is 81.1 cm³/mol. The molecule has 9 nitrogen and oxygen atoms in total. The standard InChI is InChI=1S/C14H13N5O4/c1-22-8-5-3-4-7(11(8)23-2)19-13-10(18-14(19)21)9(12(15)20)16-6-17-13/h3-6H,1-2H3,(H2,15,20)(H,18,21). The first kappa shape index (κ1) is 14.6. The summed E-state index contributed by atoms with van der Waals surface area (Å²) in [6.07, 6.45) is 1.17. The molecule has 2 aromatic heterocycles. The number of aromatic nitrogens is 4. The van der Waals surface area contributed by atoms with Crippen molar-refractivity contribution in [2.75, 3.05) is 14.2 Å². The number of nitrogens with one attached hydrogen (secondary N) is 1. The minimum Gasteiger partial charge on any atom is -0.493 e. The Balaban J connectivity index is 2.39. The van der Waals surface area contributed by atoms with E-state index in [4.69, 9.17) is 15.2 Å². The molecule has 118 valence electrons. The highest BCUT2D eigenvalue weighted by Crippen LogP contribution is 2.33. The van der Waals surface area contributed by atoms with Crippen molar-refractivity contribution in [3.05, 3.63) is 40.7 Å². The number of imidazole rings is 1. The number of nitrogens with two attached hydrogens (primary N) is 1. The average Bonchev–Trinajstić information content (AvgIpc) is 2.89. The Morgan fingerprint density at radius 2 is 2.04 bits per heavy atom. The fourth-order valence-corrected chi connectivity index (χ4v) is 2.38. The van der Waals surface area contributed by atoms with Crippen LogP contribution in [0.5, 0.6) is 11.5 Å². The Morgan fingerprint density at radius 1 is 1.26 bits per heavy atom. The van der Waals surface area contributed by atoms with Gasteiger partial charge < -0.3 is 20.2 Å². The molecular weight excluding hydrogens is 302 g/mol. The number of carbonyl (C=O) groups excluding carboxylic acids is 1. The number of H-pyrrole nitrogens is 1. The van der Waals surface area contributed by atoms with E-state index in [0.29, 0.717) is 17.2 Å². The van der Waals surface area contributed by atoms with E-state index in [-0.39, 0.29) is 16.9 Å². The molecule has 0 aliphatic carbocycles. The van der Waals surface area contributed by atoms with Gasteiger partial charge in [-0.1, -0.05) is 6.07 Å². The third-order valence-electron chi connectivity index (χ3n) is 3.33. The maximum Gasteiger partial charge on any atom is 0.332 e. The number of methoxy groups -OCH3 is 2. The third kappa shape index (κ3) is 2.18. The number of carbonyl (C=O) groups is 1. The van der Waals surface area contributed by atoms with Gasteiger partial charge in [-0.25, -0.2) is 19.3 Å². The zero-order valence-electron chi connectivity index (χ0n) is 12.4. The Hall–Kier alpha value is -3.36. The predicted octanol–water partition coefficient (Wildman–Crippen LogP) is 0.225. The lowest BCUT2D eigenvalue weighted by Crippen LogP contribution is -2.16. The monoisotopic (exact) mass is 315 g/mol. The highest BCUT2D eigenvalue weighted by atomic mass is 16.5. The topological polar surface area (TPSA) is 125 Å². The second-order valence-corrected chi connectivity index (χ2v) is 4.56. The molecule has 0 aliphatic rings. The van der Waals surface area contributed by atoms with Gasteiger partial charge in [0, 0.05) is 0 Å². The quantitative estimate of drug-likeness (QED) is 0.709. The maximum atomic E-state index is 12.4. The van der Waals surface area contributed by atoms with Crippen molar-refractivity contribution >= 4 is 17.1 Å². The van der Waals surface area contributed by atoms with Gasteiger partial charge in [0.1, 0.15) is 11.8 Å². The minimum absolute atomic E-state index is 0.0623. The van der Waals surface area contributed by atoms with Crippen molar-refractivity contribution in [2.24, 2.45) is 5.73 Å². The molecule has 9 heteroatoms. The summed E-state index contributed by atoms with van der Waals surface area (Å²) in [6, 6.07) is 5.08. The molecule has 0 unspecified atom stereocenters. The highest BCUT2D eigenvalue weighted by Gasteiger charge is 2.20. The van der Waals surface area contributed by atoms with Crippen LogP contribution in [0, 0.1) is 0 Å². The summed E-state index contributed by atoms with van der Waals surface area (Å²) in [4.78, 5) is 34.2. The number of amides is 1. The molecule has 0 atom stereocenters. The number of para-hydroxylation sites is 1. The molecule has 0 bridgehead atoms. The van der Waals surface area contributed by atoms with Gasteiger partial charge in [-0.05, 0) is 12.1 Å². The summed E-state index contributed by atoms with van der Waals surface area (Å²) in [5.41, 5.74) is 5.50. The van der Waals surface area contributed by atoms with Crippen LogP contribution >= 0.6 is 0 Å². The van der Waals surface area contributed by atoms with E-state index < -0.39 is 11.6 Å². The van der Waals surface area contributed by atoms with Crippen LogP contribution in [0.2, 0.25) is 0 Å². The number of aromatic amines is 1. The first-order valence-corrected chi connectivity index (χ1v) is 6.55. The number of ether oxygens (including phenoxy) is 2. The molecule has 1 amide bonds. The summed E-state index contributed by atoms with van der Waals surface area (Å²) in [5.74, 6) is 0.0519. The molecule has 3 N–H and O–H groups in total. The van der Waals surface area contributed by atoms with Crippen molar-refractivity contribution in [1.29, 1.82) is 0 Å². The fourth-order valence-electron chi connectivity index (χ4n) is 2.38. The Kier molecular flexibility index (Phi) is 3.45. The average molecular weight is 315 g/mol. The van der Waals surface area contributed by atoms with Gasteiger partial charge in [-0.15, -0.1) is 0 Å². The summed E-state index contributed by atoms with van der Waals surface area (Å²) >= 11 is 0. The zero-order valence-corrected chi connectivity index (χ0v) is 12.4. The van der Waals surface area contributed by atoms with Gasteiger partial charge in [0.25, 0.3) is 5.91 Å². The number of rotatable bonds is 4. The van der Waals surface area contributed by atoms with Gasteiger partial charge in [0.15, 0.2) is 22.8 Å². The van der Waals surface area contributed by atoms with Crippen molar-refractivity contribution < 1.29 is 14.3 Å². The van der Waals surface area contributed by atoms with Gasteiger partial charge in [-0.2, -0.15) is 0 Å². The van der Waals surface area contributed by atoms with E-state index in [1.54, 1.807) is 18.2 Å². The van der Waals surface area contributed by atoms with Crippen LogP contribution in [0.25, 0.3) is 16.9 Å². The van der Waals surface area contributed by atoms with Gasteiger partial charge in [0.05, 0.1) is 19.9 Å². The lowest BCUT2D eigenvalue weighted by molar-refractivity contribution is 0.0997. The van der Waals surface area contributed by atoms with E-state index in [9.17, 15) is 9.59 Å². The molecule has 0 spiro atoms. The first-order valence-electron chi connectivity index (χ1n) is 6.55. The van der Waals surface area contributed by atoms with Crippen LogP contribution in [0.4, 0.5) is 0 Å². The normalized spacial score (nSPS) is 10.7. The molecule has 0 fully saturated rings. The molecule has 1 aromatic carbocycles. The first-order chi connectivity index (χ1) is 11.1. The summed E-state index contributed by atoms with van der Waals surface area (Å²) in [5, 5.41) is 0. The fraction of sp³-hybridized carbons (Fsp3) is 0.143. The van der Waals surface area contributed by atoms with Crippen LogP contribution in [0.15, 0.2) is 29.3 Å². The molecule has 3 aromatic rings. The second kappa shape index (κ2) is 5.44. The van der Waals surface area contributed by atoms with Crippen LogP contribution in [0.1, 0.15) is 10.5 Å². The van der Waals surface area contributed by atoms with E-state index >= 15 is 0 Å². The molecular formula is C14H13N5O4. The SMILES string of the molecule is COc1cccc(-n2c(=O)[nH]c3c(C(N)=O)ncnc32)c1OC. The maximum absolute atomic E-state index is 12.4. The summed E-state index contributed by atoms with van der Waals surface area (Å²) < 4.78 is 11.8. The van der Waals surface area contributed by atoms with Crippen molar-refractivity contribution in [1.82, 2.24) is 19.5 Å². The second-order valence-electron chi connectivity index (χ2n) is 4.56. The third-order valence-corrected chi connectivity index (χ3v) is 3.33. The van der Waals surface area contributed by atoms with E-state index in [1.165, 1.54) is 25.1 Å². The molecule has 2 heterocycles. The number of primary amides is 1. The summed E-state index contributed by atoms with van der Waals surface area (Å²) in [6.45, 7) is 0. The number of fused-ring (bicyclic) bond motifs is 1. The number of hydrogen-bond donors (Lipinski definition) is 2. The molecule has 0 aliphatic heterocycles. The lowest BCUT2D eigenvalue weighted by atomic mass is 10.2. The minimum atomic E-state index is -0.761. The van der Waals surface area contributed by atoms with Crippen molar-refractivity contribution in [3.63, 3.8) is 0 Å². The Morgan fingerprint density at radius 3 is 2.70 bits per heavy atom. The van der Waals surface area contributed by atoms with Gasteiger partial charge >= 0.3 is 5.69 Å². The molecule has 23 heavy (non-hydrogen) atoms. The van der Waals surface area contributed by atoms with Crippen molar-refractivity contribution in [2.45, 2.75) is 0 Å². The Bertz CT molecular complexity index is 959. The number of benzene rings is 1. The smallest absolute Gasteiger partial charge is 0.332 e. The lowest BCUT2D eigenvalue weighted by Gasteiger charge is -2.12.